The molecule has 0 bridgehead atoms. The first-order valence-corrected chi connectivity index (χ1v) is 16.8. The van der Waals surface area contributed by atoms with Crippen molar-refractivity contribution in [2.24, 2.45) is 0 Å². The molecule has 0 saturated carbocycles. The van der Waals surface area contributed by atoms with Gasteiger partial charge in [0.2, 0.25) is 0 Å². The van der Waals surface area contributed by atoms with Crippen LogP contribution in [0.15, 0.2) is 156 Å². The Kier molecular flexibility index (Phi) is 6.01. The molecule has 5 heteroatoms. The predicted molar refractivity (Wildman–Crippen MR) is 199 cm³/mol. The molecule has 0 atom stereocenters. The Labute approximate surface area is 279 Å². The summed E-state index contributed by atoms with van der Waals surface area (Å²) in [6.45, 7) is 0. The number of thiophene rings is 1. The molecule has 0 unspecified atom stereocenters. The van der Waals surface area contributed by atoms with E-state index in [2.05, 4.69) is 127 Å². The number of benzene rings is 7. The lowest BCUT2D eigenvalue weighted by molar-refractivity contribution is 0.669. The second-order valence-electron chi connectivity index (χ2n) is 12.0. The Hall–Kier alpha value is -6.17. The van der Waals surface area contributed by atoms with Gasteiger partial charge in [0.15, 0.2) is 17.5 Å². The van der Waals surface area contributed by atoms with Crippen LogP contribution in [-0.4, -0.2) is 15.0 Å². The largest absolute Gasteiger partial charge is 0.456 e. The third-order valence-corrected chi connectivity index (χ3v) is 10.2. The van der Waals surface area contributed by atoms with Gasteiger partial charge in [-0.05, 0) is 58.3 Å². The third-order valence-electron chi connectivity index (χ3n) is 9.10. The highest BCUT2D eigenvalue weighted by Gasteiger charge is 2.21. The maximum Gasteiger partial charge on any atom is 0.164 e. The molecule has 10 rings (SSSR count). The van der Waals surface area contributed by atoms with Crippen LogP contribution in [0, 0.1) is 0 Å². The van der Waals surface area contributed by atoms with E-state index < -0.39 is 0 Å². The highest BCUT2D eigenvalue weighted by molar-refractivity contribution is 7.25. The van der Waals surface area contributed by atoms with Crippen LogP contribution >= 0.6 is 11.3 Å². The number of aromatic nitrogens is 3. The van der Waals surface area contributed by atoms with Gasteiger partial charge >= 0.3 is 0 Å². The van der Waals surface area contributed by atoms with Crippen molar-refractivity contribution in [3.63, 3.8) is 0 Å². The van der Waals surface area contributed by atoms with Crippen LogP contribution < -0.4 is 0 Å². The van der Waals surface area contributed by atoms with Crippen molar-refractivity contribution in [1.82, 2.24) is 15.0 Å². The smallest absolute Gasteiger partial charge is 0.164 e. The molecule has 0 saturated heterocycles. The summed E-state index contributed by atoms with van der Waals surface area (Å²) < 4.78 is 9.09. The summed E-state index contributed by atoms with van der Waals surface area (Å²) in [5.41, 5.74) is 6.60. The number of hydrogen-bond donors (Lipinski definition) is 0. The molecule has 0 aliphatic carbocycles. The van der Waals surface area contributed by atoms with Crippen LogP contribution in [0.4, 0.5) is 0 Å². The van der Waals surface area contributed by atoms with E-state index in [1.165, 1.54) is 14.8 Å². The molecular formula is C43H25N3OS. The summed E-state index contributed by atoms with van der Waals surface area (Å²) in [5.74, 6) is 1.88. The van der Waals surface area contributed by atoms with Gasteiger partial charge < -0.3 is 4.42 Å². The van der Waals surface area contributed by atoms with Crippen molar-refractivity contribution in [3.8, 4) is 45.3 Å². The van der Waals surface area contributed by atoms with Gasteiger partial charge in [0, 0.05) is 47.6 Å². The molecule has 0 fully saturated rings. The molecule has 0 aliphatic rings. The van der Waals surface area contributed by atoms with Gasteiger partial charge in [0.1, 0.15) is 11.2 Å². The lowest BCUT2D eigenvalue weighted by Gasteiger charge is -2.12. The van der Waals surface area contributed by atoms with Gasteiger partial charge in [0.25, 0.3) is 0 Å². The van der Waals surface area contributed by atoms with E-state index in [1.807, 2.05) is 24.3 Å². The Morgan fingerprint density at radius 1 is 0.396 bits per heavy atom. The molecule has 3 heterocycles. The van der Waals surface area contributed by atoms with Gasteiger partial charge in [-0.25, -0.2) is 15.0 Å². The van der Waals surface area contributed by atoms with E-state index in [9.17, 15) is 0 Å². The normalized spacial score (nSPS) is 11.8. The number of fused-ring (bicyclic) bond motifs is 7. The highest BCUT2D eigenvalue weighted by atomic mass is 32.1. The van der Waals surface area contributed by atoms with Crippen LogP contribution in [0.5, 0.6) is 0 Å². The average molecular weight is 632 g/mol. The first-order valence-electron chi connectivity index (χ1n) is 15.9. The third kappa shape index (κ3) is 4.33. The summed E-state index contributed by atoms with van der Waals surface area (Å²) in [6, 6.07) is 52.6. The van der Waals surface area contributed by atoms with Gasteiger partial charge in [-0.15, -0.1) is 11.3 Å². The SMILES string of the molecule is c1ccc(-c2cc(-c3nc(-c4ccccc4)nc(-c4cccc5sc6ccccc6c45)n3)c3c(c2)oc2cc4ccccc4cc23)cc1. The van der Waals surface area contributed by atoms with E-state index in [1.54, 1.807) is 11.3 Å². The van der Waals surface area contributed by atoms with E-state index >= 15 is 0 Å². The van der Waals surface area contributed by atoms with E-state index in [0.717, 1.165) is 65.9 Å². The summed E-state index contributed by atoms with van der Waals surface area (Å²) >= 11 is 1.79. The molecule has 0 amide bonds. The second kappa shape index (κ2) is 10.7. The molecule has 10 aromatic rings. The lowest BCUT2D eigenvalue weighted by atomic mass is 9.97. The molecule has 224 valence electrons. The fourth-order valence-electron chi connectivity index (χ4n) is 6.86. The fourth-order valence-corrected chi connectivity index (χ4v) is 7.99. The summed E-state index contributed by atoms with van der Waals surface area (Å²) in [6.07, 6.45) is 0. The van der Waals surface area contributed by atoms with E-state index in [-0.39, 0.29) is 0 Å². The zero-order valence-electron chi connectivity index (χ0n) is 25.6. The Balaban J connectivity index is 1.32. The van der Waals surface area contributed by atoms with Gasteiger partial charge in [0.05, 0.1) is 0 Å². The summed E-state index contributed by atoms with van der Waals surface area (Å²) in [5, 5.41) is 6.69. The number of nitrogens with zero attached hydrogens (tertiary/aromatic N) is 3. The Morgan fingerprint density at radius 3 is 1.85 bits per heavy atom. The highest BCUT2D eigenvalue weighted by Crippen LogP contribution is 2.43. The molecule has 0 aliphatic heterocycles. The molecule has 0 radical (unpaired) electrons. The number of furan rings is 1. The minimum atomic E-state index is 0.606. The van der Waals surface area contributed by atoms with Crippen LogP contribution in [0.1, 0.15) is 0 Å². The molecule has 0 N–H and O–H groups in total. The molecule has 7 aromatic carbocycles. The lowest BCUT2D eigenvalue weighted by Crippen LogP contribution is -2.01. The molecular weight excluding hydrogens is 607 g/mol. The Bertz CT molecular complexity index is 2840. The standard InChI is InChI=1S/C43H25N3OS/c1-3-12-26(13-4-1)30-23-34(39-33-22-28-16-7-8-17-29(28)24-35(33)47-36(39)25-30)43-45-41(27-14-5-2-6-15-27)44-42(46-43)32-19-11-21-38-40(32)31-18-9-10-20-37(31)48-38/h1-25H. The number of hydrogen-bond acceptors (Lipinski definition) is 5. The minimum Gasteiger partial charge on any atom is -0.456 e. The zero-order chi connectivity index (χ0) is 31.6. The molecule has 48 heavy (non-hydrogen) atoms. The molecule has 3 aromatic heterocycles. The number of rotatable bonds is 4. The summed E-state index contributed by atoms with van der Waals surface area (Å²) in [4.78, 5) is 15.7. The minimum absolute atomic E-state index is 0.606. The maximum absolute atomic E-state index is 6.64. The second-order valence-corrected chi connectivity index (χ2v) is 13.1. The van der Waals surface area contributed by atoms with Crippen LogP contribution in [0.2, 0.25) is 0 Å². The quantitative estimate of drug-likeness (QED) is 0.194. The van der Waals surface area contributed by atoms with Crippen molar-refractivity contribution >= 4 is 64.2 Å². The van der Waals surface area contributed by atoms with Crippen LogP contribution in [0.3, 0.4) is 0 Å². The fraction of sp³-hybridized carbons (Fsp3) is 0. The molecule has 4 nitrogen and oxygen atoms in total. The topological polar surface area (TPSA) is 51.8 Å². The van der Waals surface area contributed by atoms with Gasteiger partial charge in [-0.3, -0.25) is 0 Å². The first-order chi connectivity index (χ1) is 23.8. The van der Waals surface area contributed by atoms with Gasteiger partial charge in [-0.1, -0.05) is 115 Å². The predicted octanol–water partition coefficient (Wildman–Crippen LogP) is 12.0. The van der Waals surface area contributed by atoms with Crippen molar-refractivity contribution in [3.05, 3.63) is 152 Å². The van der Waals surface area contributed by atoms with E-state index in [4.69, 9.17) is 19.4 Å². The first kappa shape index (κ1) is 27.0. The zero-order valence-corrected chi connectivity index (χ0v) is 26.4. The Morgan fingerprint density at radius 2 is 1.04 bits per heavy atom. The summed E-state index contributed by atoms with van der Waals surface area (Å²) in [7, 11) is 0. The molecule has 0 spiro atoms. The van der Waals surface area contributed by atoms with Gasteiger partial charge in [-0.2, -0.15) is 0 Å². The van der Waals surface area contributed by atoms with Crippen molar-refractivity contribution < 1.29 is 4.42 Å². The van der Waals surface area contributed by atoms with Crippen molar-refractivity contribution in [2.45, 2.75) is 0 Å². The average Bonchev–Trinajstić information content (AvgIpc) is 3.72. The van der Waals surface area contributed by atoms with Crippen LogP contribution in [0.25, 0.3) is 98.2 Å². The monoisotopic (exact) mass is 631 g/mol. The van der Waals surface area contributed by atoms with Crippen LogP contribution in [-0.2, 0) is 0 Å². The van der Waals surface area contributed by atoms with Crippen molar-refractivity contribution in [2.75, 3.05) is 0 Å². The van der Waals surface area contributed by atoms with E-state index in [0.29, 0.717) is 17.5 Å². The maximum atomic E-state index is 6.64. The van der Waals surface area contributed by atoms with Crippen molar-refractivity contribution in [1.29, 1.82) is 0 Å².